The zero-order valence-corrected chi connectivity index (χ0v) is 14.9. The number of benzene rings is 1. The van der Waals surface area contributed by atoms with Gasteiger partial charge in [0.15, 0.2) is 17.6 Å². The third kappa shape index (κ3) is 4.19. The van der Waals surface area contributed by atoms with E-state index in [9.17, 15) is 14.4 Å². The molecule has 26 heavy (non-hydrogen) atoms. The van der Waals surface area contributed by atoms with Gasteiger partial charge in [-0.1, -0.05) is 24.4 Å². The summed E-state index contributed by atoms with van der Waals surface area (Å²) in [6.45, 7) is 1.40. The van der Waals surface area contributed by atoms with Gasteiger partial charge in [0.2, 0.25) is 6.79 Å². The average Bonchev–Trinajstić information content (AvgIpc) is 3.25. The van der Waals surface area contributed by atoms with Crippen LogP contribution in [0, 0.1) is 0 Å². The van der Waals surface area contributed by atoms with Gasteiger partial charge in [-0.2, -0.15) is 0 Å². The Hall–Kier alpha value is -2.48. The van der Waals surface area contributed by atoms with Crippen molar-refractivity contribution in [3.63, 3.8) is 0 Å². The average molecular weight is 383 g/mol. The summed E-state index contributed by atoms with van der Waals surface area (Å²) in [5.74, 6) is -0.778. The lowest BCUT2D eigenvalue weighted by molar-refractivity contribution is -0.127. The molecule has 8 nitrogen and oxygen atoms in total. The van der Waals surface area contributed by atoms with Crippen molar-refractivity contribution in [3.05, 3.63) is 22.7 Å². The van der Waals surface area contributed by atoms with Gasteiger partial charge in [0.1, 0.15) is 0 Å². The molecule has 2 aliphatic rings. The highest BCUT2D eigenvalue weighted by atomic mass is 35.5. The highest BCUT2D eigenvalue weighted by Gasteiger charge is 2.25. The lowest BCUT2D eigenvalue weighted by Crippen LogP contribution is -2.47. The third-order valence-electron chi connectivity index (χ3n) is 4.24. The number of halogens is 1. The van der Waals surface area contributed by atoms with Crippen molar-refractivity contribution in [1.29, 1.82) is 0 Å². The molecule has 1 aliphatic carbocycles. The van der Waals surface area contributed by atoms with Crippen LogP contribution in [0.4, 0.5) is 4.79 Å². The van der Waals surface area contributed by atoms with Crippen LogP contribution in [-0.2, 0) is 9.53 Å². The van der Waals surface area contributed by atoms with E-state index >= 15 is 0 Å². The maximum absolute atomic E-state index is 12.2. The van der Waals surface area contributed by atoms with Gasteiger partial charge < -0.3 is 19.5 Å². The first-order chi connectivity index (χ1) is 12.4. The molecule has 1 aromatic rings. The van der Waals surface area contributed by atoms with Gasteiger partial charge >= 0.3 is 12.0 Å². The molecule has 2 N–H and O–H groups in total. The van der Waals surface area contributed by atoms with E-state index in [2.05, 4.69) is 10.6 Å². The van der Waals surface area contributed by atoms with Gasteiger partial charge in [-0.25, -0.2) is 9.59 Å². The van der Waals surface area contributed by atoms with E-state index in [1.807, 2.05) is 0 Å². The molecular weight excluding hydrogens is 364 g/mol. The van der Waals surface area contributed by atoms with Crippen LogP contribution < -0.4 is 20.1 Å². The first kappa shape index (κ1) is 18.3. The minimum atomic E-state index is -1.15. The van der Waals surface area contributed by atoms with Crippen molar-refractivity contribution in [3.8, 4) is 11.5 Å². The number of carbonyl (C=O) groups excluding carboxylic acids is 3. The molecule has 0 bridgehead atoms. The van der Waals surface area contributed by atoms with E-state index < -0.39 is 24.0 Å². The van der Waals surface area contributed by atoms with Crippen molar-refractivity contribution in [2.24, 2.45) is 0 Å². The van der Waals surface area contributed by atoms with Crippen LogP contribution in [0.3, 0.4) is 0 Å². The Labute approximate surface area is 155 Å². The van der Waals surface area contributed by atoms with Gasteiger partial charge in [-0.05, 0) is 31.9 Å². The van der Waals surface area contributed by atoms with Crippen molar-refractivity contribution in [2.45, 2.75) is 44.8 Å². The Bertz CT molecular complexity index is 732. The fourth-order valence-electron chi connectivity index (χ4n) is 2.87. The van der Waals surface area contributed by atoms with Gasteiger partial charge in [0, 0.05) is 6.04 Å². The van der Waals surface area contributed by atoms with Crippen LogP contribution in [0.2, 0.25) is 5.02 Å². The second-order valence-corrected chi connectivity index (χ2v) is 6.59. The molecule has 1 heterocycles. The van der Waals surface area contributed by atoms with E-state index in [1.165, 1.54) is 19.1 Å². The quantitative estimate of drug-likeness (QED) is 0.775. The van der Waals surface area contributed by atoms with Gasteiger partial charge in [0.25, 0.3) is 5.91 Å². The molecule has 0 aromatic heterocycles. The molecule has 1 aromatic carbocycles. The second-order valence-electron chi connectivity index (χ2n) is 6.18. The Morgan fingerprint density at radius 2 is 1.96 bits per heavy atom. The maximum atomic E-state index is 12.2. The largest absolute Gasteiger partial charge is 0.454 e. The standard InChI is InChI=1S/C17H19ClN2O6/c1-9(15(21)20-17(23)19-11-4-2-3-5-11)26-16(22)10-6-12(18)14-13(7-10)24-8-25-14/h6-7,9,11H,2-5,8H2,1H3,(H2,19,20,21,23)/t9-/m0/s1. The Balaban J connectivity index is 1.54. The minimum absolute atomic E-state index is 0.0163. The van der Waals surface area contributed by atoms with Crippen LogP contribution in [0.25, 0.3) is 0 Å². The monoisotopic (exact) mass is 382 g/mol. The Kier molecular flexibility index (Phi) is 5.51. The van der Waals surface area contributed by atoms with Crippen LogP contribution in [0.5, 0.6) is 11.5 Å². The first-order valence-electron chi connectivity index (χ1n) is 8.35. The SMILES string of the molecule is C[C@H](OC(=O)c1cc(Cl)c2c(c1)OCO2)C(=O)NC(=O)NC1CCCC1. The second kappa shape index (κ2) is 7.82. The lowest BCUT2D eigenvalue weighted by atomic mass is 10.2. The number of hydrogen-bond donors (Lipinski definition) is 2. The molecule has 0 unspecified atom stereocenters. The summed E-state index contributed by atoms with van der Waals surface area (Å²) in [4.78, 5) is 36.1. The number of carbonyl (C=O) groups is 3. The molecule has 0 saturated heterocycles. The fourth-order valence-corrected chi connectivity index (χ4v) is 3.14. The molecule has 1 fully saturated rings. The van der Waals surface area contributed by atoms with Crippen LogP contribution >= 0.6 is 11.6 Å². The number of rotatable bonds is 4. The minimum Gasteiger partial charge on any atom is -0.454 e. The number of nitrogens with one attached hydrogen (secondary N) is 2. The highest BCUT2D eigenvalue weighted by molar-refractivity contribution is 6.32. The number of hydrogen-bond acceptors (Lipinski definition) is 6. The van der Waals surface area contributed by atoms with E-state index in [0.29, 0.717) is 11.5 Å². The summed E-state index contributed by atoms with van der Waals surface area (Å²) < 4.78 is 15.5. The molecule has 1 saturated carbocycles. The number of urea groups is 1. The topological polar surface area (TPSA) is 103 Å². The lowest BCUT2D eigenvalue weighted by Gasteiger charge is -2.15. The summed E-state index contributed by atoms with van der Waals surface area (Å²) in [6.07, 6.45) is 2.77. The molecule has 0 spiro atoms. The predicted molar refractivity (Wildman–Crippen MR) is 91.4 cm³/mol. The normalized spacial score (nSPS) is 16.8. The molecule has 3 amide bonds. The van der Waals surface area contributed by atoms with Crippen molar-refractivity contribution in [2.75, 3.05) is 6.79 Å². The number of ether oxygens (including phenoxy) is 3. The number of amides is 3. The predicted octanol–water partition coefficient (Wildman–Crippen LogP) is 2.38. The molecule has 1 atom stereocenters. The van der Waals surface area contributed by atoms with Crippen LogP contribution in [0.1, 0.15) is 43.0 Å². The summed E-state index contributed by atoms with van der Waals surface area (Å²) in [6, 6.07) is 2.29. The van der Waals surface area contributed by atoms with Crippen LogP contribution in [-0.4, -0.2) is 36.8 Å². The number of esters is 1. The van der Waals surface area contributed by atoms with Crippen molar-refractivity contribution in [1.82, 2.24) is 10.6 Å². The summed E-state index contributed by atoms with van der Waals surface area (Å²) in [7, 11) is 0. The fraction of sp³-hybridized carbons (Fsp3) is 0.471. The van der Waals surface area contributed by atoms with Crippen molar-refractivity contribution < 1.29 is 28.6 Å². The summed E-state index contributed by atoms with van der Waals surface area (Å²) >= 11 is 6.02. The van der Waals surface area contributed by atoms with Crippen molar-refractivity contribution >= 4 is 29.5 Å². The Morgan fingerprint density at radius 1 is 1.23 bits per heavy atom. The van der Waals surface area contributed by atoms with Crippen LogP contribution in [0.15, 0.2) is 12.1 Å². The molecule has 1 aliphatic heterocycles. The third-order valence-corrected chi connectivity index (χ3v) is 4.52. The van der Waals surface area contributed by atoms with E-state index in [0.717, 1.165) is 25.7 Å². The van der Waals surface area contributed by atoms with E-state index in [-0.39, 0.29) is 23.4 Å². The molecule has 3 rings (SSSR count). The highest BCUT2D eigenvalue weighted by Crippen LogP contribution is 2.39. The summed E-state index contributed by atoms with van der Waals surface area (Å²) in [5, 5.41) is 5.11. The number of imide groups is 1. The smallest absolute Gasteiger partial charge is 0.339 e. The van der Waals surface area contributed by atoms with E-state index in [4.69, 9.17) is 25.8 Å². The van der Waals surface area contributed by atoms with Gasteiger partial charge in [-0.3, -0.25) is 10.1 Å². The Morgan fingerprint density at radius 3 is 2.69 bits per heavy atom. The molecule has 9 heteroatoms. The molecular formula is C17H19ClN2O6. The van der Waals surface area contributed by atoms with Gasteiger partial charge in [0.05, 0.1) is 10.6 Å². The number of fused-ring (bicyclic) bond motifs is 1. The van der Waals surface area contributed by atoms with E-state index in [1.54, 1.807) is 0 Å². The van der Waals surface area contributed by atoms with Gasteiger partial charge in [-0.15, -0.1) is 0 Å². The first-order valence-corrected chi connectivity index (χ1v) is 8.73. The zero-order chi connectivity index (χ0) is 18.7. The molecule has 0 radical (unpaired) electrons. The maximum Gasteiger partial charge on any atom is 0.339 e. The summed E-state index contributed by atoms with van der Waals surface area (Å²) in [5.41, 5.74) is 0.120. The molecule has 140 valence electrons. The zero-order valence-electron chi connectivity index (χ0n) is 14.2.